The SMILES string of the molecule is OC(F)CCCCCB(F)F. The van der Waals surface area contributed by atoms with E-state index in [0.29, 0.717) is 19.3 Å². The summed E-state index contributed by atoms with van der Waals surface area (Å²) in [5, 5.41) is 8.15. The van der Waals surface area contributed by atoms with Gasteiger partial charge in [0, 0.05) is 6.42 Å². The van der Waals surface area contributed by atoms with Gasteiger partial charge in [0.05, 0.1) is 0 Å². The molecule has 1 unspecified atom stereocenters. The van der Waals surface area contributed by atoms with Crippen molar-refractivity contribution < 1.29 is 18.1 Å². The molecule has 0 aliphatic heterocycles. The molecule has 0 aromatic rings. The van der Waals surface area contributed by atoms with Gasteiger partial charge in [0.1, 0.15) is 0 Å². The van der Waals surface area contributed by atoms with Crippen molar-refractivity contribution in [3.63, 3.8) is 0 Å². The molecule has 5 heteroatoms. The van der Waals surface area contributed by atoms with E-state index in [2.05, 4.69) is 0 Å². The van der Waals surface area contributed by atoms with Crippen LogP contribution in [0.3, 0.4) is 0 Å². The van der Waals surface area contributed by atoms with Gasteiger partial charge in [0.25, 0.3) is 0 Å². The highest BCUT2D eigenvalue weighted by atomic mass is 19.2. The summed E-state index contributed by atoms with van der Waals surface area (Å²) >= 11 is 0. The van der Waals surface area contributed by atoms with Gasteiger partial charge in [-0.3, -0.25) is 8.63 Å². The summed E-state index contributed by atoms with van der Waals surface area (Å²) in [6, 6.07) is 0. The van der Waals surface area contributed by atoms with Crippen LogP contribution in [0.1, 0.15) is 25.7 Å². The Morgan fingerprint density at radius 3 is 2.27 bits per heavy atom. The first-order valence-electron chi connectivity index (χ1n) is 3.73. The highest BCUT2D eigenvalue weighted by Gasteiger charge is 2.10. The van der Waals surface area contributed by atoms with Crippen LogP contribution >= 0.6 is 0 Å². The highest BCUT2D eigenvalue weighted by molar-refractivity contribution is 6.42. The molecule has 0 fully saturated rings. The third kappa shape index (κ3) is 9.81. The molecule has 0 aliphatic rings. The van der Waals surface area contributed by atoms with Gasteiger partial charge in [0.2, 0.25) is 0 Å². The molecule has 11 heavy (non-hydrogen) atoms. The summed E-state index contributed by atoms with van der Waals surface area (Å²) < 4.78 is 34.7. The maximum absolute atomic E-state index is 11.7. The maximum Gasteiger partial charge on any atom is 0.538 e. The van der Waals surface area contributed by atoms with Gasteiger partial charge in [-0.15, -0.1) is 0 Å². The Balaban J connectivity index is 2.91. The summed E-state index contributed by atoms with van der Waals surface area (Å²) in [6.45, 7) is 0. The summed E-state index contributed by atoms with van der Waals surface area (Å²) in [5.74, 6) is 0. The Morgan fingerprint density at radius 2 is 1.82 bits per heavy atom. The molecule has 1 nitrogen and oxygen atoms in total. The lowest BCUT2D eigenvalue weighted by atomic mass is 9.89. The average molecular weight is 168 g/mol. The first-order valence-corrected chi connectivity index (χ1v) is 3.73. The molecule has 0 radical (unpaired) electrons. The van der Waals surface area contributed by atoms with Crippen LogP contribution in [0.2, 0.25) is 6.32 Å². The Hall–Kier alpha value is -0.185. The largest absolute Gasteiger partial charge is 0.538 e. The molecular weight excluding hydrogens is 156 g/mol. The van der Waals surface area contributed by atoms with Crippen LogP contribution < -0.4 is 0 Å². The van der Waals surface area contributed by atoms with E-state index in [4.69, 9.17) is 5.11 Å². The van der Waals surface area contributed by atoms with Gasteiger partial charge in [-0.25, -0.2) is 4.39 Å². The van der Waals surface area contributed by atoms with Crippen molar-refractivity contribution in [2.45, 2.75) is 38.4 Å². The van der Waals surface area contributed by atoms with Crippen LogP contribution in [0, 0.1) is 0 Å². The molecule has 1 N–H and O–H groups in total. The Labute approximate surface area is 64.8 Å². The molecule has 0 amide bonds. The predicted octanol–water partition coefficient (Wildman–Crippen LogP) is 2.26. The number of hydrogen-bond donors (Lipinski definition) is 1. The van der Waals surface area contributed by atoms with Gasteiger partial charge in [-0.1, -0.05) is 12.8 Å². The first kappa shape index (κ1) is 10.8. The molecule has 0 spiro atoms. The highest BCUT2D eigenvalue weighted by Crippen LogP contribution is 2.09. The third-order valence-corrected chi connectivity index (χ3v) is 1.36. The van der Waals surface area contributed by atoms with Crippen molar-refractivity contribution in [1.82, 2.24) is 0 Å². The second kappa shape index (κ2) is 6.52. The number of alkyl halides is 1. The molecule has 0 bridgehead atoms. The van der Waals surface area contributed by atoms with Gasteiger partial charge in [-0.2, -0.15) is 0 Å². The van der Waals surface area contributed by atoms with E-state index in [-0.39, 0.29) is 12.7 Å². The fourth-order valence-electron chi connectivity index (χ4n) is 0.788. The Bertz CT molecular complexity index is 79.9. The molecule has 0 aliphatic carbocycles. The normalized spacial score (nSPS) is 13.1. The molecule has 0 saturated carbocycles. The van der Waals surface area contributed by atoms with Gasteiger partial charge >= 0.3 is 7.27 Å². The fourth-order valence-corrected chi connectivity index (χ4v) is 0.788. The van der Waals surface area contributed by atoms with E-state index in [9.17, 15) is 13.0 Å². The second-order valence-corrected chi connectivity index (χ2v) is 2.46. The number of rotatable bonds is 6. The second-order valence-electron chi connectivity index (χ2n) is 2.46. The summed E-state index contributed by atoms with van der Waals surface area (Å²) in [6.07, 6.45) is -0.410. The minimum Gasteiger partial charge on any atom is -0.364 e. The monoisotopic (exact) mass is 168 g/mol. The van der Waals surface area contributed by atoms with Crippen LogP contribution in [0.4, 0.5) is 13.0 Å². The van der Waals surface area contributed by atoms with Gasteiger partial charge in [-0.05, 0) is 12.7 Å². The standard InChI is InChI=1S/C6H12BF3O/c8-6(11)4-2-1-3-5-7(9)10/h6,11H,1-5H2. The van der Waals surface area contributed by atoms with Crippen LogP contribution in [0.25, 0.3) is 0 Å². The van der Waals surface area contributed by atoms with E-state index in [0.717, 1.165) is 0 Å². The Kier molecular flexibility index (Phi) is 6.41. The molecule has 0 aromatic carbocycles. The molecule has 1 atom stereocenters. The zero-order chi connectivity index (χ0) is 8.69. The lowest BCUT2D eigenvalue weighted by Gasteiger charge is -1.99. The van der Waals surface area contributed by atoms with Crippen molar-refractivity contribution in [2.24, 2.45) is 0 Å². The van der Waals surface area contributed by atoms with Gasteiger partial charge < -0.3 is 5.11 Å². The molecule has 0 rings (SSSR count). The predicted molar refractivity (Wildman–Crippen MR) is 38.4 cm³/mol. The molecule has 66 valence electrons. The third-order valence-electron chi connectivity index (χ3n) is 1.36. The van der Waals surface area contributed by atoms with Crippen LogP contribution in [-0.4, -0.2) is 18.7 Å². The van der Waals surface area contributed by atoms with Crippen molar-refractivity contribution in [3.05, 3.63) is 0 Å². The van der Waals surface area contributed by atoms with E-state index in [1.807, 2.05) is 0 Å². The number of aliphatic hydroxyl groups is 1. The first-order chi connectivity index (χ1) is 5.13. The summed E-state index contributed by atoms with van der Waals surface area (Å²) in [7, 11) is -2.26. The van der Waals surface area contributed by atoms with E-state index >= 15 is 0 Å². The number of hydrogen-bond acceptors (Lipinski definition) is 1. The minimum atomic E-state index is -2.26. The fraction of sp³-hybridized carbons (Fsp3) is 1.00. The van der Waals surface area contributed by atoms with Gasteiger partial charge in [0.15, 0.2) is 6.36 Å². The van der Waals surface area contributed by atoms with Crippen molar-refractivity contribution in [1.29, 1.82) is 0 Å². The van der Waals surface area contributed by atoms with Crippen LogP contribution in [0.5, 0.6) is 0 Å². The number of aliphatic hydroxyl groups excluding tert-OH is 1. The van der Waals surface area contributed by atoms with Crippen molar-refractivity contribution in [2.75, 3.05) is 0 Å². The van der Waals surface area contributed by atoms with Crippen LogP contribution in [0.15, 0.2) is 0 Å². The average Bonchev–Trinajstić information content (AvgIpc) is 1.85. The molecule has 0 saturated heterocycles. The lowest BCUT2D eigenvalue weighted by molar-refractivity contribution is 0.0324. The zero-order valence-electron chi connectivity index (χ0n) is 6.27. The lowest BCUT2D eigenvalue weighted by Crippen LogP contribution is -1.98. The smallest absolute Gasteiger partial charge is 0.364 e. The Morgan fingerprint density at radius 1 is 1.18 bits per heavy atom. The van der Waals surface area contributed by atoms with E-state index in [1.165, 1.54) is 0 Å². The topological polar surface area (TPSA) is 20.2 Å². The van der Waals surface area contributed by atoms with Crippen LogP contribution in [-0.2, 0) is 0 Å². The quantitative estimate of drug-likeness (QED) is 0.476. The van der Waals surface area contributed by atoms with Crippen molar-refractivity contribution >= 4 is 7.27 Å². The minimum absolute atomic E-state index is 0.0588. The summed E-state index contributed by atoms with van der Waals surface area (Å²) in [5.41, 5.74) is 0. The van der Waals surface area contributed by atoms with E-state index in [1.54, 1.807) is 0 Å². The number of unbranched alkanes of at least 4 members (excludes halogenated alkanes) is 2. The maximum atomic E-state index is 11.7. The molecule has 0 heterocycles. The number of halogens is 3. The van der Waals surface area contributed by atoms with Crippen molar-refractivity contribution in [3.8, 4) is 0 Å². The molecule has 0 aromatic heterocycles. The van der Waals surface area contributed by atoms with E-state index < -0.39 is 13.6 Å². The molecular formula is C6H12BF3O. The zero-order valence-corrected chi connectivity index (χ0v) is 6.27. The summed E-state index contributed by atoms with van der Waals surface area (Å²) in [4.78, 5) is 0.